The van der Waals surface area contributed by atoms with Crippen LogP contribution in [0.2, 0.25) is 0 Å². The highest BCUT2D eigenvalue weighted by Crippen LogP contribution is 2.17. The summed E-state index contributed by atoms with van der Waals surface area (Å²) in [6.07, 6.45) is 3.21. The molecule has 0 unspecified atom stereocenters. The molecule has 4 nitrogen and oxygen atoms in total. The quantitative estimate of drug-likeness (QED) is 0.721. The number of amides is 2. The topological polar surface area (TPSA) is 49.4 Å². The molecule has 2 rings (SSSR count). The summed E-state index contributed by atoms with van der Waals surface area (Å²) < 4.78 is 0.922. The highest BCUT2D eigenvalue weighted by Gasteiger charge is 2.12. The van der Waals surface area contributed by atoms with Gasteiger partial charge in [-0.25, -0.2) is 0 Å². The minimum Gasteiger partial charge on any atom is -0.339 e. The molecule has 0 atom stereocenters. The molecule has 2 amide bonds. The second-order valence-corrected chi connectivity index (χ2v) is 6.26. The van der Waals surface area contributed by atoms with E-state index in [-0.39, 0.29) is 11.8 Å². The first-order valence-electron chi connectivity index (χ1n) is 8.18. The van der Waals surface area contributed by atoms with E-state index in [1.54, 1.807) is 35.2 Å². The predicted octanol–water partition coefficient (Wildman–Crippen LogP) is 4.58. The van der Waals surface area contributed by atoms with E-state index >= 15 is 0 Å². The Morgan fingerprint density at radius 1 is 1.08 bits per heavy atom. The minimum atomic E-state index is -0.247. The van der Waals surface area contributed by atoms with Crippen LogP contribution in [0.1, 0.15) is 29.8 Å². The average Bonchev–Trinajstić information content (AvgIpc) is 2.62. The van der Waals surface area contributed by atoms with Crippen LogP contribution < -0.4 is 5.32 Å². The zero-order valence-electron chi connectivity index (χ0n) is 14.3. The summed E-state index contributed by atoms with van der Waals surface area (Å²) >= 11 is 3.44. The van der Waals surface area contributed by atoms with E-state index in [9.17, 15) is 9.59 Å². The largest absolute Gasteiger partial charge is 0.339 e. The van der Waals surface area contributed by atoms with Crippen molar-refractivity contribution in [1.82, 2.24) is 4.90 Å². The molecule has 5 heteroatoms. The summed E-state index contributed by atoms with van der Waals surface area (Å²) in [5.74, 6) is -0.284. The zero-order chi connectivity index (χ0) is 18.2. The molecule has 2 aromatic rings. The Kier molecular flexibility index (Phi) is 6.95. The van der Waals surface area contributed by atoms with Crippen LogP contribution in [0.25, 0.3) is 6.08 Å². The highest BCUT2D eigenvalue weighted by molar-refractivity contribution is 9.10. The molecule has 0 radical (unpaired) electrons. The maximum atomic E-state index is 12.4. The Morgan fingerprint density at radius 3 is 2.48 bits per heavy atom. The van der Waals surface area contributed by atoms with Gasteiger partial charge < -0.3 is 10.2 Å². The van der Waals surface area contributed by atoms with Crippen molar-refractivity contribution in [2.45, 2.75) is 13.8 Å². The molecule has 2 aromatic carbocycles. The molecule has 0 aliphatic heterocycles. The van der Waals surface area contributed by atoms with E-state index < -0.39 is 0 Å². The van der Waals surface area contributed by atoms with Gasteiger partial charge in [-0.3, -0.25) is 9.59 Å². The summed E-state index contributed by atoms with van der Waals surface area (Å²) in [4.78, 5) is 26.2. The van der Waals surface area contributed by atoms with Crippen molar-refractivity contribution in [2.24, 2.45) is 0 Å². The van der Waals surface area contributed by atoms with E-state index in [0.717, 1.165) is 10.0 Å². The first kappa shape index (κ1) is 18.9. The van der Waals surface area contributed by atoms with Gasteiger partial charge in [-0.05, 0) is 49.8 Å². The van der Waals surface area contributed by atoms with Gasteiger partial charge in [0.15, 0.2) is 0 Å². The van der Waals surface area contributed by atoms with Crippen LogP contribution in [0.15, 0.2) is 59.1 Å². The summed E-state index contributed by atoms with van der Waals surface area (Å²) in [7, 11) is 0. The minimum absolute atomic E-state index is 0.0372. The second-order valence-electron chi connectivity index (χ2n) is 5.40. The second kappa shape index (κ2) is 9.18. The summed E-state index contributed by atoms with van der Waals surface area (Å²) in [5.41, 5.74) is 2.08. The third kappa shape index (κ3) is 5.29. The number of nitrogens with zero attached hydrogens (tertiary/aromatic N) is 1. The standard InChI is InChI=1S/C20H21BrN2O2/c1-3-23(4-2)20(25)16-9-7-10-17(14-16)22-19(24)13-12-15-8-5-6-11-18(15)21/h5-14H,3-4H2,1-2H3,(H,22,24)/b13-12+. The fraction of sp³-hybridized carbons (Fsp3) is 0.200. The number of carbonyl (C=O) groups is 2. The Balaban J connectivity index is 2.08. The molecule has 0 spiro atoms. The molecule has 0 saturated heterocycles. The number of halogens is 1. The lowest BCUT2D eigenvalue weighted by molar-refractivity contribution is -0.111. The van der Waals surface area contributed by atoms with Crippen LogP contribution in [0, 0.1) is 0 Å². The highest BCUT2D eigenvalue weighted by atomic mass is 79.9. The molecule has 130 valence electrons. The lowest BCUT2D eigenvalue weighted by atomic mass is 10.1. The molecular formula is C20H21BrN2O2. The smallest absolute Gasteiger partial charge is 0.253 e. The van der Waals surface area contributed by atoms with Crippen molar-refractivity contribution in [3.05, 3.63) is 70.2 Å². The van der Waals surface area contributed by atoms with Gasteiger partial charge in [0.25, 0.3) is 5.91 Å². The maximum Gasteiger partial charge on any atom is 0.253 e. The molecule has 1 N–H and O–H groups in total. The lowest BCUT2D eigenvalue weighted by Crippen LogP contribution is -2.30. The van der Waals surface area contributed by atoms with Gasteiger partial charge in [-0.2, -0.15) is 0 Å². The van der Waals surface area contributed by atoms with Crippen LogP contribution in [0.3, 0.4) is 0 Å². The SMILES string of the molecule is CCN(CC)C(=O)c1cccc(NC(=O)/C=C/c2ccccc2Br)c1. The fourth-order valence-corrected chi connectivity index (χ4v) is 2.80. The molecule has 0 aromatic heterocycles. The van der Waals surface area contributed by atoms with Crippen molar-refractivity contribution in [1.29, 1.82) is 0 Å². The van der Waals surface area contributed by atoms with Crippen molar-refractivity contribution in [2.75, 3.05) is 18.4 Å². The van der Waals surface area contributed by atoms with Crippen LogP contribution in [-0.2, 0) is 4.79 Å². The maximum absolute atomic E-state index is 12.4. The first-order valence-corrected chi connectivity index (χ1v) is 8.97. The number of hydrogen-bond donors (Lipinski definition) is 1. The zero-order valence-corrected chi connectivity index (χ0v) is 15.9. The average molecular weight is 401 g/mol. The van der Waals surface area contributed by atoms with E-state index in [4.69, 9.17) is 0 Å². The van der Waals surface area contributed by atoms with Gasteiger partial charge in [0.1, 0.15) is 0 Å². The molecule has 0 aliphatic carbocycles. The van der Waals surface area contributed by atoms with Crippen molar-refractivity contribution in [3.63, 3.8) is 0 Å². The van der Waals surface area contributed by atoms with Gasteiger partial charge in [-0.1, -0.05) is 40.2 Å². The monoisotopic (exact) mass is 400 g/mol. The van der Waals surface area contributed by atoms with Gasteiger partial charge in [0, 0.05) is 34.9 Å². The summed E-state index contributed by atoms with van der Waals surface area (Å²) in [6.45, 7) is 5.19. The van der Waals surface area contributed by atoms with Crippen LogP contribution in [0.4, 0.5) is 5.69 Å². The molecular weight excluding hydrogens is 380 g/mol. The molecule has 0 saturated carbocycles. The molecule has 25 heavy (non-hydrogen) atoms. The summed E-state index contributed by atoms with van der Waals surface area (Å²) in [6, 6.07) is 14.6. The molecule has 0 fully saturated rings. The number of anilines is 1. The number of hydrogen-bond acceptors (Lipinski definition) is 2. The van der Waals surface area contributed by atoms with E-state index in [1.807, 2.05) is 38.1 Å². The van der Waals surface area contributed by atoms with Crippen molar-refractivity contribution < 1.29 is 9.59 Å². The van der Waals surface area contributed by atoms with Crippen molar-refractivity contribution in [3.8, 4) is 0 Å². The molecule has 0 aliphatic rings. The van der Waals surface area contributed by atoms with E-state index in [2.05, 4.69) is 21.2 Å². The Hall–Kier alpha value is -2.40. The van der Waals surface area contributed by atoms with Crippen LogP contribution in [-0.4, -0.2) is 29.8 Å². The van der Waals surface area contributed by atoms with Crippen LogP contribution >= 0.6 is 15.9 Å². The Morgan fingerprint density at radius 2 is 1.80 bits per heavy atom. The van der Waals surface area contributed by atoms with Crippen LogP contribution in [0.5, 0.6) is 0 Å². The van der Waals surface area contributed by atoms with Gasteiger partial charge >= 0.3 is 0 Å². The van der Waals surface area contributed by atoms with Gasteiger partial charge in [0.2, 0.25) is 5.91 Å². The summed E-state index contributed by atoms with van der Waals surface area (Å²) in [5, 5.41) is 2.79. The van der Waals surface area contributed by atoms with Gasteiger partial charge in [0.05, 0.1) is 0 Å². The van der Waals surface area contributed by atoms with E-state index in [1.165, 1.54) is 6.08 Å². The Bertz CT molecular complexity index is 783. The van der Waals surface area contributed by atoms with E-state index in [0.29, 0.717) is 24.3 Å². The van der Waals surface area contributed by atoms with Gasteiger partial charge in [-0.15, -0.1) is 0 Å². The normalized spacial score (nSPS) is 10.7. The number of benzene rings is 2. The first-order chi connectivity index (χ1) is 12.0. The Labute approximate surface area is 156 Å². The lowest BCUT2D eigenvalue weighted by Gasteiger charge is -2.18. The number of rotatable bonds is 6. The number of carbonyl (C=O) groups excluding carboxylic acids is 2. The van der Waals surface area contributed by atoms with Crippen molar-refractivity contribution >= 4 is 39.5 Å². The molecule has 0 bridgehead atoms. The predicted molar refractivity (Wildman–Crippen MR) is 105 cm³/mol. The fourth-order valence-electron chi connectivity index (χ4n) is 2.38. The third-order valence-electron chi connectivity index (χ3n) is 3.75. The molecule has 0 heterocycles. The number of nitrogens with one attached hydrogen (secondary N) is 1. The third-order valence-corrected chi connectivity index (χ3v) is 4.47.